The first-order valence-corrected chi connectivity index (χ1v) is 10.3. The van der Waals surface area contributed by atoms with Crippen molar-refractivity contribution in [3.63, 3.8) is 0 Å². The number of amides is 1. The summed E-state index contributed by atoms with van der Waals surface area (Å²) >= 11 is 0. The summed E-state index contributed by atoms with van der Waals surface area (Å²) in [4.78, 5) is 49.8. The molecule has 170 valence electrons. The number of likely N-dealkylation sites (N-methyl/N-ethyl adjacent to an activating group) is 1. The van der Waals surface area contributed by atoms with Crippen molar-refractivity contribution in [2.75, 3.05) is 40.9 Å². The number of carbonyl (C=O) groups is 1. The van der Waals surface area contributed by atoms with Gasteiger partial charge < -0.3 is 19.3 Å². The predicted molar refractivity (Wildman–Crippen MR) is 117 cm³/mol. The van der Waals surface area contributed by atoms with E-state index < -0.39 is 17.3 Å². The van der Waals surface area contributed by atoms with Crippen molar-refractivity contribution in [3.8, 4) is 11.5 Å². The Morgan fingerprint density at radius 1 is 1.19 bits per heavy atom. The van der Waals surface area contributed by atoms with E-state index in [-0.39, 0.29) is 17.2 Å². The maximum absolute atomic E-state index is 13.5. The van der Waals surface area contributed by atoms with Gasteiger partial charge in [-0.2, -0.15) is 0 Å². The molecular weight excluding hydrogens is 416 g/mol. The summed E-state index contributed by atoms with van der Waals surface area (Å²) in [6.45, 7) is 2.51. The fourth-order valence-electron chi connectivity index (χ4n) is 4.12. The number of aromatic amines is 2. The molecule has 1 aliphatic heterocycles. The van der Waals surface area contributed by atoms with Crippen LogP contribution in [-0.4, -0.2) is 76.3 Å². The number of methoxy groups -OCH3 is 2. The van der Waals surface area contributed by atoms with E-state index in [9.17, 15) is 14.4 Å². The molecule has 1 fully saturated rings. The first kappa shape index (κ1) is 21.6. The van der Waals surface area contributed by atoms with Crippen LogP contribution in [0.1, 0.15) is 24.4 Å². The van der Waals surface area contributed by atoms with Crippen molar-refractivity contribution in [1.29, 1.82) is 0 Å². The number of nitrogens with one attached hydrogen (secondary N) is 2. The Kier molecular flexibility index (Phi) is 5.99. The first-order valence-electron chi connectivity index (χ1n) is 10.3. The fraction of sp³-hybridized carbons (Fsp3) is 0.429. The monoisotopic (exact) mass is 442 g/mol. The molecule has 0 radical (unpaired) electrons. The van der Waals surface area contributed by atoms with Gasteiger partial charge in [-0.1, -0.05) is 0 Å². The number of aromatic nitrogens is 4. The Morgan fingerprint density at radius 3 is 2.62 bits per heavy atom. The van der Waals surface area contributed by atoms with Crippen LogP contribution in [-0.2, 0) is 0 Å². The molecular formula is C21H26N6O5. The van der Waals surface area contributed by atoms with Gasteiger partial charge in [-0.3, -0.25) is 14.8 Å². The highest BCUT2D eigenvalue weighted by atomic mass is 16.5. The van der Waals surface area contributed by atoms with E-state index in [1.165, 1.54) is 10.9 Å². The van der Waals surface area contributed by atoms with Gasteiger partial charge in [0.25, 0.3) is 5.56 Å². The molecule has 0 aliphatic carbocycles. The molecule has 3 aromatic rings. The number of hydrogen-bond donors (Lipinski definition) is 2. The highest BCUT2D eigenvalue weighted by molar-refractivity contribution is 5.86. The molecule has 0 saturated carbocycles. The summed E-state index contributed by atoms with van der Waals surface area (Å²) in [5.41, 5.74) is -0.484. The van der Waals surface area contributed by atoms with E-state index in [2.05, 4.69) is 19.9 Å². The van der Waals surface area contributed by atoms with Gasteiger partial charge in [0.1, 0.15) is 17.8 Å². The standard InChI is InChI=1S/C21H26N6O5/c1-25(21(30)27-12-22-17-18(27)23-20(29)24-19(17)28)15(11-26-8-4-5-9-26)14-7-6-13(31-2)10-16(14)32-3/h6-7,10,12,15H,4-5,8-9,11H2,1-3H3,(H2,23,24,28,29)/t15-/m1/s1. The second-order valence-corrected chi connectivity index (χ2v) is 7.74. The van der Waals surface area contributed by atoms with E-state index in [4.69, 9.17) is 9.47 Å². The van der Waals surface area contributed by atoms with Crippen molar-refractivity contribution in [2.45, 2.75) is 18.9 Å². The second kappa shape index (κ2) is 8.87. The highest BCUT2D eigenvalue weighted by Gasteiger charge is 2.30. The number of nitrogens with zero attached hydrogens (tertiary/aromatic N) is 4. The number of hydrogen-bond acceptors (Lipinski definition) is 7. The summed E-state index contributed by atoms with van der Waals surface area (Å²) < 4.78 is 12.1. The van der Waals surface area contributed by atoms with Gasteiger partial charge in [0.05, 0.1) is 20.3 Å². The van der Waals surface area contributed by atoms with Crippen molar-refractivity contribution in [2.24, 2.45) is 0 Å². The third kappa shape index (κ3) is 3.98. The molecule has 1 saturated heterocycles. The van der Waals surface area contributed by atoms with Crippen LogP contribution < -0.4 is 20.7 Å². The van der Waals surface area contributed by atoms with Crippen LogP contribution in [0.5, 0.6) is 11.5 Å². The number of H-pyrrole nitrogens is 2. The number of carbonyl (C=O) groups excluding carboxylic acids is 1. The minimum Gasteiger partial charge on any atom is -0.497 e. The second-order valence-electron chi connectivity index (χ2n) is 7.74. The van der Waals surface area contributed by atoms with Crippen LogP contribution in [0, 0.1) is 0 Å². The SMILES string of the molecule is COc1ccc([C@@H](CN2CCCC2)N(C)C(=O)n2cnc3c(=O)[nH]c(=O)[nH]c32)c(OC)c1. The molecule has 11 heteroatoms. The lowest BCUT2D eigenvalue weighted by Crippen LogP contribution is -2.40. The van der Waals surface area contributed by atoms with E-state index >= 15 is 0 Å². The van der Waals surface area contributed by atoms with Crippen molar-refractivity contribution in [3.05, 3.63) is 50.9 Å². The lowest BCUT2D eigenvalue weighted by atomic mass is 10.0. The number of ether oxygens (including phenoxy) is 2. The van der Waals surface area contributed by atoms with Gasteiger partial charge in [-0.15, -0.1) is 0 Å². The summed E-state index contributed by atoms with van der Waals surface area (Å²) in [5.74, 6) is 1.26. The number of likely N-dealkylation sites (tertiary alicyclic amines) is 1. The molecule has 0 unspecified atom stereocenters. The normalized spacial score (nSPS) is 15.1. The topological polar surface area (TPSA) is 126 Å². The van der Waals surface area contributed by atoms with Crippen molar-refractivity contribution in [1.82, 2.24) is 29.3 Å². The third-order valence-electron chi connectivity index (χ3n) is 5.85. The van der Waals surface area contributed by atoms with Crippen LogP contribution in [0.15, 0.2) is 34.1 Å². The number of rotatable bonds is 6. The van der Waals surface area contributed by atoms with E-state index in [0.717, 1.165) is 31.5 Å². The minimum atomic E-state index is -0.704. The molecule has 32 heavy (non-hydrogen) atoms. The van der Waals surface area contributed by atoms with Crippen LogP contribution in [0.3, 0.4) is 0 Å². The van der Waals surface area contributed by atoms with Crippen LogP contribution in [0.4, 0.5) is 4.79 Å². The Hall–Kier alpha value is -3.60. The van der Waals surface area contributed by atoms with Crippen LogP contribution in [0.25, 0.3) is 11.2 Å². The molecule has 4 rings (SSSR count). The van der Waals surface area contributed by atoms with E-state index in [0.29, 0.717) is 18.0 Å². The van der Waals surface area contributed by atoms with Gasteiger partial charge in [0, 0.05) is 25.2 Å². The number of imidazole rings is 1. The smallest absolute Gasteiger partial charge is 0.331 e. The summed E-state index contributed by atoms with van der Waals surface area (Å²) in [7, 11) is 4.84. The van der Waals surface area contributed by atoms with Gasteiger partial charge >= 0.3 is 11.7 Å². The average molecular weight is 442 g/mol. The quantitative estimate of drug-likeness (QED) is 0.587. The molecule has 1 aliphatic rings. The maximum atomic E-state index is 13.5. The van der Waals surface area contributed by atoms with E-state index in [1.807, 2.05) is 12.1 Å². The zero-order valence-corrected chi connectivity index (χ0v) is 18.3. The lowest BCUT2D eigenvalue weighted by Gasteiger charge is -2.32. The molecule has 0 spiro atoms. The zero-order chi connectivity index (χ0) is 22.8. The van der Waals surface area contributed by atoms with Gasteiger partial charge in [0.2, 0.25) is 0 Å². The molecule has 1 amide bonds. The van der Waals surface area contributed by atoms with Crippen molar-refractivity contribution >= 4 is 17.2 Å². The van der Waals surface area contributed by atoms with Crippen LogP contribution in [0.2, 0.25) is 0 Å². The molecule has 2 N–H and O–H groups in total. The average Bonchev–Trinajstić information content (AvgIpc) is 3.46. The Labute approximate surface area is 183 Å². The Morgan fingerprint density at radius 2 is 1.94 bits per heavy atom. The molecule has 1 atom stereocenters. The Bertz CT molecular complexity index is 1240. The lowest BCUT2D eigenvalue weighted by molar-refractivity contribution is 0.170. The summed E-state index contributed by atoms with van der Waals surface area (Å²) in [6, 6.07) is 4.72. The van der Waals surface area contributed by atoms with Gasteiger partial charge in [0.15, 0.2) is 11.2 Å². The molecule has 3 heterocycles. The number of benzene rings is 1. The highest BCUT2D eigenvalue weighted by Crippen LogP contribution is 2.34. The zero-order valence-electron chi connectivity index (χ0n) is 18.3. The van der Waals surface area contributed by atoms with Gasteiger partial charge in [-0.25, -0.2) is 19.1 Å². The van der Waals surface area contributed by atoms with Gasteiger partial charge in [-0.05, 0) is 38.1 Å². The first-order chi connectivity index (χ1) is 15.4. The minimum absolute atomic E-state index is 0.00975. The predicted octanol–water partition coefficient (Wildman–Crippen LogP) is 1.17. The molecule has 2 aromatic heterocycles. The Balaban J connectivity index is 1.75. The third-order valence-corrected chi connectivity index (χ3v) is 5.85. The maximum Gasteiger partial charge on any atom is 0.331 e. The largest absolute Gasteiger partial charge is 0.497 e. The van der Waals surface area contributed by atoms with Crippen LogP contribution >= 0.6 is 0 Å². The molecule has 11 nitrogen and oxygen atoms in total. The van der Waals surface area contributed by atoms with E-state index in [1.54, 1.807) is 32.2 Å². The summed E-state index contributed by atoms with van der Waals surface area (Å²) in [6.07, 6.45) is 3.47. The number of fused-ring (bicyclic) bond motifs is 1. The fourth-order valence-corrected chi connectivity index (χ4v) is 4.12. The molecule has 0 bridgehead atoms. The molecule has 1 aromatic carbocycles. The van der Waals surface area contributed by atoms with Crippen molar-refractivity contribution < 1.29 is 14.3 Å². The summed E-state index contributed by atoms with van der Waals surface area (Å²) in [5, 5.41) is 0.